The van der Waals surface area contributed by atoms with Gasteiger partial charge in [-0.15, -0.1) is 0 Å². The van der Waals surface area contributed by atoms with Crippen LogP contribution in [0.25, 0.3) is 0 Å². The smallest absolute Gasteiger partial charge is 0.229 e. The number of carbonyl (C=O) groups excluding carboxylic acids is 1. The molecule has 0 aliphatic rings. The number of anilines is 1. The summed E-state index contributed by atoms with van der Waals surface area (Å²) in [6.07, 6.45) is 0.874. The summed E-state index contributed by atoms with van der Waals surface area (Å²) < 4.78 is 30.4. The van der Waals surface area contributed by atoms with E-state index in [2.05, 4.69) is 15.4 Å². The number of β-amino-alcohol motifs (C(OH)–C–C–N with tert-alkyl or cyclic N) is 1. The number of aliphatic hydroxyl groups is 1. The van der Waals surface area contributed by atoms with Gasteiger partial charge in [-0.2, -0.15) is 0 Å². The van der Waals surface area contributed by atoms with E-state index >= 15 is 0 Å². The Morgan fingerprint density at radius 2 is 1.68 bits per heavy atom. The van der Waals surface area contributed by atoms with Crippen LogP contribution in [0.5, 0.6) is 17.2 Å². The van der Waals surface area contributed by atoms with Crippen molar-refractivity contribution in [1.82, 2.24) is 10.6 Å². The van der Waals surface area contributed by atoms with Crippen molar-refractivity contribution in [2.75, 3.05) is 24.6 Å². The number of rotatable bonds is 13. The van der Waals surface area contributed by atoms with Gasteiger partial charge >= 0.3 is 0 Å². The van der Waals surface area contributed by atoms with E-state index in [0.717, 1.165) is 22.9 Å². The molecule has 0 aliphatic carbocycles. The molecule has 3 rings (SSSR count). The zero-order chi connectivity index (χ0) is 29.5. The molecule has 1 atom stereocenters. The third-order valence-electron chi connectivity index (χ3n) is 6.21. The number of benzene rings is 3. The monoisotopic (exact) mass is 571 g/mol. The van der Waals surface area contributed by atoms with Gasteiger partial charge in [0.2, 0.25) is 15.9 Å². The van der Waals surface area contributed by atoms with Crippen molar-refractivity contribution < 1.29 is 33.3 Å². The number of phenols is 2. The fourth-order valence-electron chi connectivity index (χ4n) is 4.24. The minimum Gasteiger partial charge on any atom is -0.506 e. The molecule has 3 aromatic rings. The van der Waals surface area contributed by atoms with Crippen LogP contribution in [-0.4, -0.2) is 55.1 Å². The molecule has 0 saturated carbocycles. The molecule has 11 heteroatoms. The van der Waals surface area contributed by atoms with E-state index in [-0.39, 0.29) is 36.1 Å². The molecule has 0 heterocycles. The molecule has 6 N–H and O–H groups in total. The fourth-order valence-corrected chi connectivity index (χ4v) is 4.80. The lowest BCUT2D eigenvalue weighted by Crippen LogP contribution is -2.43. The summed E-state index contributed by atoms with van der Waals surface area (Å²) in [5, 5.41) is 36.6. The number of ether oxygens (including phenoxy) is 1. The molecule has 0 spiro atoms. The molecule has 1 amide bonds. The van der Waals surface area contributed by atoms with E-state index in [0.29, 0.717) is 24.3 Å². The van der Waals surface area contributed by atoms with E-state index in [1.807, 2.05) is 38.1 Å². The molecule has 0 fully saturated rings. The average molecular weight is 572 g/mol. The van der Waals surface area contributed by atoms with Crippen LogP contribution in [0.15, 0.2) is 60.7 Å². The van der Waals surface area contributed by atoms with Crippen molar-refractivity contribution in [2.24, 2.45) is 0 Å². The highest BCUT2D eigenvalue weighted by Crippen LogP contribution is 2.28. The molecule has 0 bridgehead atoms. The van der Waals surface area contributed by atoms with Gasteiger partial charge in [-0.05, 0) is 66.8 Å². The van der Waals surface area contributed by atoms with Crippen LogP contribution in [0.3, 0.4) is 0 Å². The molecule has 0 unspecified atom stereocenters. The lowest BCUT2D eigenvalue weighted by molar-refractivity contribution is -0.120. The number of hydrogen-bond donors (Lipinski definition) is 6. The Labute approximate surface area is 235 Å². The number of nitrogens with one attached hydrogen (secondary N) is 3. The Morgan fingerprint density at radius 1 is 0.975 bits per heavy atom. The minimum absolute atomic E-state index is 0.00181. The Morgan fingerprint density at radius 3 is 2.38 bits per heavy atom. The van der Waals surface area contributed by atoms with Gasteiger partial charge in [-0.3, -0.25) is 9.52 Å². The van der Waals surface area contributed by atoms with Crippen molar-refractivity contribution in [1.29, 1.82) is 0 Å². The first-order valence-corrected chi connectivity index (χ1v) is 14.6. The van der Waals surface area contributed by atoms with Crippen molar-refractivity contribution in [3.05, 3.63) is 82.9 Å². The second kappa shape index (κ2) is 13.0. The van der Waals surface area contributed by atoms with Gasteiger partial charge in [-0.25, -0.2) is 8.42 Å². The Kier molecular flexibility index (Phi) is 10.0. The van der Waals surface area contributed by atoms with E-state index < -0.39 is 21.7 Å². The number of aromatic hydroxyl groups is 2. The summed E-state index contributed by atoms with van der Waals surface area (Å²) in [5.74, 6) is 0.0183. The predicted octanol–water partition coefficient (Wildman–Crippen LogP) is 2.98. The predicted molar refractivity (Wildman–Crippen MR) is 154 cm³/mol. The summed E-state index contributed by atoms with van der Waals surface area (Å²) in [4.78, 5) is 12.6. The number of sulfonamides is 1. The van der Waals surface area contributed by atoms with Crippen molar-refractivity contribution in [2.45, 2.75) is 44.9 Å². The van der Waals surface area contributed by atoms with Crippen LogP contribution in [-0.2, 0) is 34.2 Å². The highest BCUT2D eigenvalue weighted by molar-refractivity contribution is 7.92. The van der Waals surface area contributed by atoms with Crippen molar-refractivity contribution in [3.8, 4) is 17.2 Å². The molecular weight excluding hydrogens is 534 g/mol. The topological polar surface area (TPSA) is 157 Å². The molecule has 0 aliphatic heterocycles. The highest BCUT2D eigenvalue weighted by Gasteiger charge is 2.21. The number of methoxy groups -OCH3 is 1. The molecule has 0 saturated heterocycles. The van der Waals surface area contributed by atoms with Crippen LogP contribution in [0.1, 0.15) is 42.2 Å². The standard InChI is InChI=1S/C29H37N3O7S/c1-29(2,31-18-26(35)22-9-11-24(33)23(15-22)32-40(4,37)38)16-20-7-5-6-19(12-20)14-28(36)30-17-21-8-10-25(34)27(13-21)39-3/h5-13,15,26,31-35H,14,16-18H2,1-4H3,(H,30,36)/t26-/m0/s1. The van der Waals surface area contributed by atoms with Gasteiger partial charge in [0.25, 0.3) is 0 Å². The maximum atomic E-state index is 12.6. The number of aliphatic hydroxyl groups excluding tert-OH is 1. The lowest BCUT2D eigenvalue weighted by Gasteiger charge is -2.28. The molecule has 0 radical (unpaired) electrons. The zero-order valence-electron chi connectivity index (χ0n) is 23.1. The molecular formula is C29H37N3O7S. The van der Waals surface area contributed by atoms with Crippen LogP contribution in [0.4, 0.5) is 5.69 Å². The number of carbonyl (C=O) groups is 1. The van der Waals surface area contributed by atoms with E-state index in [4.69, 9.17) is 4.74 Å². The highest BCUT2D eigenvalue weighted by atomic mass is 32.2. The van der Waals surface area contributed by atoms with Crippen LogP contribution < -0.4 is 20.1 Å². The first kappa shape index (κ1) is 30.7. The molecule has 3 aromatic carbocycles. The molecule has 40 heavy (non-hydrogen) atoms. The third-order valence-corrected chi connectivity index (χ3v) is 6.80. The number of hydrogen-bond acceptors (Lipinski definition) is 8. The van der Waals surface area contributed by atoms with Gasteiger partial charge in [0.15, 0.2) is 11.5 Å². The van der Waals surface area contributed by atoms with E-state index in [1.54, 1.807) is 12.1 Å². The summed E-state index contributed by atoms with van der Waals surface area (Å²) in [5.41, 5.74) is 2.73. The maximum Gasteiger partial charge on any atom is 0.229 e. The SMILES string of the molecule is COc1cc(CNC(=O)Cc2cccc(CC(C)(C)NC[C@H](O)c3ccc(O)c(NS(C)(=O)=O)c3)c2)ccc1O. The fraction of sp³-hybridized carbons (Fsp3) is 0.345. The molecule has 0 aromatic heterocycles. The first-order valence-electron chi connectivity index (χ1n) is 12.7. The average Bonchev–Trinajstić information content (AvgIpc) is 2.87. The summed E-state index contributed by atoms with van der Waals surface area (Å²) in [7, 11) is -2.12. The van der Waals surface area contributed by atoms with Crippen molar-refractivity contribution >= 4 is 21.6 Å². The minimum atomic E-state index is -3.59. The number of amides is 1. The van der Waals surface area contributed by atoms with Crippen LogP contribution in [0.2, 0.25) is 0 Å². The van der Waals surface area contributed by atoms with Gasteiger partial charge in [0.1, 0.15) is 5.75 Å². The third kappa shape index (κ3) is 9.44. The van der Waals surface area contributed by atoms with Crippen LogP contribution in [0, 0.1) is 0 Å². The quantitative estimate of drug-likeness (QED) is 0.171. The van der Waals surface area contributed by atoms with Gasteiger partial charge in [0.05, 0.1) is 31.6 Å². The second-order valence-electron chi connectivity index (χ2n) is 10.4. The van der Waals surface area contributed by atoms with Crippen molar-refractivity contribution in [3.63, 3.8) is 0 Å². The second-order valence-corrected chi connectivity index (χ2v) is 12.1. The van der Waals surface area contributed by atoms with Crippen LogP contribution >= 0.6 is 0 Å². The summed E-state index contributed by atoms with van der Waals surface area (Å²) in [6.45, 7) is 4.50. The first-order chi connectivity index (χ1) is 18.7. The van der Waals surface area contributed by atoms with Gasteiger partial charge in [0, 0.05) is 18.6 Å². The lowest BCUT2D eigenvalue weighted by atomic mass is 9.93. The van der Waals surface area contributed by atoms with Gasteiger partial charge < -0.3 is 30.7 Å². The summed E-state index contributed by atoms with van der Waals surface area (Å²) >= 11 is 0. The molecule has 10 nitrogen and oxygen atoms in total. The normalized spacial score (nSPS) is 12.5. The number of phenolic OH excluding ortho intramolecular Hbond substituents is 2. The largest absolute Gasteiger partial charge is 0.506 e. The Balaban J connectivity index is 1.55. The molecule has 216 valence electrons. The Hall–Kier alpha value is -3.80. The van der Waals surface area contributed by atoms with E-state index in [9.17, 15) is 28.5 Å². The Bertz CT molecular complexity index is 1440. The zero-order valence-corrected chi connectivity index (χ0v) is 23.9. The summed E-state index contributed by atoms with van der Waals surface area (Å²) in [6, 6.07) is 16.9. The maximum absolute atomic E-state index is 12.6. The van der Waals surface area contributed by atoms with E-state index in [1.165, 1.54) is 31.4 Å². The van der Waals surface area contributed by atoms with Gasteiger partial charge in [-0.1, -0.05) is 36.4 Å².